The number of hydrogen-bond donors (Lipinski definition) is 2. The van der Waals surface area contributed by atoms with Gasteiger partial charge in [0, 0.05) is 23.7 Å². The van der Waals surface area contributed by atoms with Crippen molar-refractivity contribution < 1.29 is 4.79 Å². The van der Waals surface area contributed by atoms with Crippen molar-refractivity contribution in [2.24, 2.45) is 0 Å². The van der Waals surface area contributed by atoms with Gasteiger partial charge in [-0.25, -0.2) is 0 Å². The maximum Gasteiger partial charge on any atom is 0.242 e. The first-order valence-electron chi connectivity index (χ1n) is 5.83. The molecule has 18 heavy (non-hydrogen) atoms. The average molecular weight is 261 g/mol. The summed E-state index contributed by atoms with van der Waals surface area (Å²) in [6.45, 7) is 2.73. The number of rotatable bonds is 2. The molecule has 1 aromatic rings. The highest BCUT2D eigenvalue weighted by atomic mass is 32.2. The van der Waals surface area contributed by atoms with Gasteiger partial charge in [0.05, 0.1) is 17.7 Å². The average Bonchev–Trinajstić information content (AvgIpc) is 2.40. The predicted octanol–water partition coefficient (Wildman–Crippen LogP) is 1.51. The van der Waals surface area contributed by atoms with Crippen molar-refractivity contribution in [3.8, 4) is 6.07 Å². The Bertz CT molecular complexity index is 489. The van der Waals surface area contributed by atoms with E-state index in [0.717, 1.165) is 29.3 Å². The molecular formula is C13H15N3OS. The molecule has 0 radical (unpaired) electrons. The van der Waals surface area contributed by atoms with Crippen molar-refractivity contribution in [2.45, 2.75) is 13.0 Å². The molecule has 1 aliphatic rings. The Morgan fingerprint density at radius 3 is 3.06 bits per heavy atom. The summed E-state index contributed by atoms with van der Waals surface area (Å²) in [6.07, 6.45) is 0. The maximum absolute atomic E-state index is 12.0. The molecule has 5 heteroatoms. The van der Waals surface area contributed by atoms with Gasteiger partial charge in [0.15, 0.2) is 0 Å². The Kier molecular flexibility index (Phi) is 4.24. The number of amides is 1. The number of carbonyl (C=O) groups excluding carboxylic acids is 1. The van der Waals surface area contributed by atoms with Gasteiger partial charge in [0.2, 0.25) is 5.91 Å². The van der Waals surface area contributed by atoms with Gasteiger partial charge in [-0.15, -0.1) is 0 Å². The summed E-state index contributed by atoms with van der Waals surface area (Å²) in [5.74, 6) is 1.85. The Hall–Kier alpha value is -1.51. The highest BCUT2D eigenvalue weighted by Crippen LogP contribution is 2.15. The van der Waals surface area contributed by atoms with Crippen LogP contribution in [0.1, 0.15) is 11.1 Å². The smallest absolute Gasteiger partial charge is 0.242 e. The molecule has 1 aromatic carbocycles. The molecule has 0 saturated carbocycles. The van der Waals surface area contributed by atoms with Crippen molar-refractivity contribution >= 4 is 23.4 Å². The van der Waals surface area contributed by atoms with E-state index in [1.807, 2.05) is 13.0 Å². The van der Waals surface area contributed by atoms with Gasteiger partial charge < -0.3 is 10.6 Å². The van der Waals surface area contributed by atoms with Crippen LogP contribution in [0.5, 0.6) is 0 Å². The minimum Gasteiger partial charge on any atom is -0.325 e. The third kappa shape index (κ3) is 3.03. The topological polar surface area (TPSA) is 64.9 Å². The van der Waals surface area contributed by atoms with Crippen LogP contribution in [0.25, 0.3) is 0 Å². The molecule has 0 spiro atoms. The third-order valence-corrected chi connectivity index (χ3v) is 3.91. The highest BCUT2D eigenvalue weighted by molar-refractivity contribution is 7.99. The van der Waals surface area contributed by atoms with E-state index in [1.165, 1.54) is 0 Å². The molecule has 1 saturated heterocycles. The van der Waals surface area contributed by atoms with E-state index in [2.05, 4.69) is 16.7 Å². The molecule has 1 heterocycles. The van der Waals surface area contributed by atoms with Crippen LogP contribution in [0.3, 0.4) is 0 Å². The first-order valence-corrected chi connectivity index (χ1v) is 6.99. The fraction of sp³-hybridized carbons (Fsp3) is 0.385. The van der Waals surface area contributed by atoms with Gasteiger partial charge in [0.25, 0.3) is 0 Å². The molecule has 0 aliphatic carbocycles. The second-order valence-electron chi connectivity index (χ2n) is 4.21. The summed E-state index contributed by atoms with van der Waals surface area (Å²) >= 11 is 1.78. The van der Waals surface area contributed by atoms with Gasteiger partial charge >= 0.3 is 0 Å². The van der Waals surface area contributed by atoms with Gasteiger partial charge in [-0.2, -0.15) is 17.0 Å². The number of nitriles is 1. The number of nitrogens with one attached hydrogen (secondary N) is 2. The number of thioether (sulfide) groups is 1. The molecule has 1 unspecified atom stereocenters. The van der Waals surface area contributed by atoms with Crippen molar-refractivity contribution in [3.63, 3.8) is 0 Å². The monoisotopic (exact) mass is 261 g/mol. The number of nitrogens with zero attached hydrogens (tertiary/aromatic N) is 1. The predicted molar refractivity (Wildman–Crippen MR) is 73.6 cm³/mol. The van der Waals surface area contributed by atoms with Crippen LogP contribution in [-0.2, 0) is 4.79 Å². The molecular weight excluding hydrogens is 246 g/mol. The van der Waals surface area contributed by atoms with Crippen LogP contribution in [-0.4, -0.2) is 30.0 Å². The van der Waals surface area contributed by atoms with Crippen molar-refractivity contribution in [2.75, 3.05) is 23.4 Å². The van der Waals surface area contributed by atoms with Crippen LogP contribution in [0.15, 0.2) is 18.2 Å². The zero-order valence-corrected chi connectivity index (χ0v) is 11.0. The fourth-order valence-electron chi connectivity index (χ4n) is 1.83. The van der Waals surface area contributed by atoms with E-state index >= 15 is 0 Å². The normalized spacial score (nSPS) is 19.0. The maximum atomic E-state index is 12.0. The van der Waals surface area contributed by atoms with Gasteiger partial charge in [-0.05, 0) is 30.7 Å². The Labute approximate surface area is 111 Å². The number of benzene rings is 1. The molecule has 0 bridgehead atoms. The quantitative estimate of drug-likeness (QED) is 0.847. The lowest BCUT2D eigenvalue weighted by Gasteiger charge is -2.22. The largest absolute Gasteiger partial charge is 0.325 e. The number of carbonyl (C=O) groups is 1. The number of aryl methyl sites for hydroxylation is 1. The van der Waals surface area contributed by atoms with Crippen molar-refractivity contribution in [3.05, 3.63) is 29.3 Å². The van der Waals surface area contributed by atoms with Crippen molar-refractivity contribution in [1.82, 2.24) is 5.32 Å². The van der Waals surface area contributed by atoms with E-state index in [4.69, 9.17) is 5.26 Å². The standard InChI is InChI=1S/C13H15N3OS/c1-9-6-11(3-2-10(9)7-14)16-13(17)12-8-18-5-4-15-12/h2-3,6,12,15H,4-5,8H2,1H3,(H,16,17). The number of hydrogen-bond acceptors (Lipinski definition) is 4. The Balaban J connectivity index is 2.02. The summed E-state index contributed by atoms with van der Waals surface area (Å²) in [7, 11) is 0. The van der Waals surface area contributed by atoms with E-state index in [0.29, 0.717) is 5.56 Å². The lowest BCUT2D eigenvalue weighted by Crippen LogP contribution is -2.46. The van der Waals surface area contributed by atoms with Crippen LogP contribution >= 0.6 is 11.8 Å². The second-order valence-corrected chi connectivity index (χ2v) is 5.36. The summed E-state index contributed by atoms with van der Waals surface area (Å²) in [5, 5.41) is 14.9. The molecule has 2 N–H and O–H groups in total. The van der Waals surface area contributed by atoms with Crippen LogP contribution < -0.4 is 10.6 Å². The van der Waals surface area contributed by atoms with Gasteiger partial charge in [0.1, 0.15) is 0 Å². The SMILES string of the molecule is Cc1cc(NC(=O)C2CSCCN2)ccc1C#N. The van der Waals surface area contributed by atoms with Crippen molar-refractivity contribution in [1.29, 1.82) is 5.26 Å². The minimum atomic E-state index is -0.125. The molecule has 94 valence electrons. The number of anilines is 1. The molecule has 1 atom stereocenters. The third-order valence-electron chi connectivity index (χ3n) is 2.85. The first-order chi connectivity index (χ1) is 8.70. The summed E-state index contributed by atoms with van der Waals surface area (Å²) < 4.78 is 0. The zero-order valence-electron chi connectivity index (χ0n) is 10.2. The molecule has 1 aliphatic heterocycles. The Morgan fingerprint density at radius 1 is 1.61 bits per heavy atom. The van der Waals surface area contributed by atoms with E-state index in [1.54, 1.807) is 23.9 Å². The Morgan fingerprint density at radius 2 is 2.44 bits per heavy atom. The lowest BCUT2D eigenvalue weighted by atomic mass is 10.1. The molecule has 1 fully saturated rings. The first kappa shape index (κ1) is 12.9. The second kappa shape index (κ2) is 5.89. The molecule has 4 nitrogen and oxygen atoms in total. The van der Waals surface area contributed by atoms with Gasteiger partial charge in [-0.3, -0.25) is 4.79 Å². The molecule has 1 amide bonds. The fourth-order valence-corrected chi connectivity index (χ4v) is 2.76. The van der Waals surface area contributed by atoms with Crippen LogP contribution in [0.2, 0.25) is 0 Å². The van der Waals surface area contributed by atoms with Crippen LogP contribution in [0, 0.1) is 18.3 Å². The van der Waals surface area contributed by atoms with E-state index in [9.17, 15) is 4.79 Å². The summed E-state index contributed by atoms with van der Waals surface area (Å²) in [4.78, 5) is 12.0. The van der Waals surface area contributed by atoms with Gasteiger partial charge in [-0.1, -0.05) is 0 Å². The molecule has 2 rings (SSSR count). The highest BCUT2D eigenvalue weighted by Gasteiger charge is 2.20. The molecule has 0 aromatic heterocycles. The summed E-state index contributed by atoms with van der Waals surface area (Å²) in [5.41, 5.74) is 2.26. The zero-order chi connectivity index (χ0) is 13.0. The lowest BCUT2D eigenvalue weighted by molar-refractivity contribution is -0.117. The van der Waals surface area contributed by atoms with E-state index < -0.39 is 0 Å². The summed E-state index contributed by atoms with van der Waals surface area (Å²) in [6, 6.07) is 7.30. The van der Waals surface area contributed by atoms with Crippen LogP contribution in [0.4, 0.5) is 5.69 Å². The van der Waals surface area contributed by atoms with E-state index in [-0.39, 0.29) is 11.9 Å². The minimum absolute atomic E-state index is 0.00805.